The molecular formula is C12H19N3S2. The predicted molar refractivity (Wildman–Crippen MR) is 75.7 cm³/mol. The molecule has 1 aromatic rings. The second-order valence-corrected chi connectivity index (χ2v) is 6.74. The van der Waals surface area contributed by atoms with Crippen molar-refractivity contribution in [2.45, 2.75) is 30.6 Å². The van der Waals surface area contributed by atoms with Crippen LogP contribution in [-0.2, 0) is 0 Å². The lowest BCUT2D eigenvalue weighted by Crippen LogP contribution is -2.18. The normalized spacial score (nSPS) is 19.9. The maximum Gasteiger partial charge on any atom is 0.153 e. The number of nitrogens with two attached hydrogens (primary N) is 1. The van der Waals surface area contributed by atoms with Gasteiger partial charge in [0.2, 0.25) is 0 Å². The van der Waals surface area contributed by atoms with Crippen LogP contribution in [-0.4, -0.2) is 17.2 Å². The van der Waals surface area contributed by atoms with E-state index in [-0.39, 0.29) is 0 Å². The molecule has 94 valence electrons. The molecule has 0 unspecified atom stereocenters. The minimum absolute atomic E-state index is 0.680. The van der Waals surface area contributed by atoms with Gasteiger partial charge in [-0.1, -0.05) is 0 Å². The van der Waals surface area contributed by atoms with Crippen molar-refractivity contribution in [3.63, 3.8) is 0 Å². The zero-order valence-corrected chi connectivity index (χ0v) is 11.7. The highest BCUT2D eigenvalue weighted by Crippen LogP contribution is 2.49. The van der Waals surface area contributed by atoms with Crippen molar-refractivity contribution in [3.05, 3.63) is 0 Å². The van der Waals surface area contributed by atoms with Crippen molar-refractivity contribution in [2.24, 2.45) is 17.8 Å². The van der Waals surface area contributed by atoms with Gasteiger partial charge in [0.15, 0.2) is 5.82 Å². The van der Waals surface area contributed by atoms with Crippen LogP contribution in [0.3, 0.4) is 0 Å². The van der Waals surface area contributed by atoms with Gasteiger partial charge in [0, 0.05) is 6.54 Å². The van der Waals surface area contributed by atoms with Crippen LogP contribution in [0.25, 0.3) is 0 Å². The molecule has 2 fully saturated rings. The molecule has 1 aromatic heterocycles. The van der Waals surface area contributed by atoms with Gasteiger partial charge in [0.25, 0.3) is 0 Å². The fourth-order valence-electron chi connectivity index (χ4n) is 2.58. The first-order chi connectivity index (χ1) is 8.29. The molecule has 2 aliphatic rings. The summed E-state index contributed by atoms with van der Waals surface area (Å²) in [6, 6.07) is 0. The van der Waals surface area contributed by atoms with Crippen LogP contribution in [0.2, 0.25) is 0 Å². The lowest BCUT2D eigenvalue weighted by atomic mass is 9.98. The number of rotatable bonds is 6. The number of nitrogens with one attached hydrogen (secondary N) is 1. The molecule has 3 N–H and O–H groups in total. The molecule has 2 aliphatic carbocycles. The quantitative estimate of drug-likeness (QED) is 0.778. The summed E-state index contributed by atoms with van der Waals surface area (Å²) < 4.78 is 4.22. The standard InChI is InChI=1S/C12H19N3S2/c1-16-10-11(13)15-17-12(10)14-6-9(7-2-3-7)8-4-5-8/h7-9,14H,2-6H2,1H3,(H2,13,15). The minimum Gasteiger partial charge on any atom is -0.382 e. The second kappa shape index (κ2) is 4.69. The summed E-state index contributed by atoms with van der Waals surface area (Å²) >= 11 is 3.19. The van der Waals surface area contributed by atoms with Crippen LogP contribution in [0.15, 0.2) is 4.90 Å². The molecule has 0 radical (unpaired) electrons. The number of thioether (sulfide) groups is 1. The van der Waals surface area contributed by atoms with Gasteiger partial charge >= 0.3 is 0 Å². The summed E-state index contributed by atoms with van der Waals surface area (Å²) in [5.74, 6) is 3.57. The van der Waals surface area contributed by atoms with Crippen molar-refractivity contribution in [1.29, 1.82) is 0 Å². The Morgan fingerprint density at radius 1 is 1.41 bits per heavy atom. The Bertz CT molecular complexity index is 384. The summed E-state index contributed by atoms with van der Waals surface area (Å²) in [6.45, 7) is 1.12. The molecule has 0 bridgehead atoms. The van der Waals surface area contributed by atoms with Gasteiger partial charge < -0.3 is 11.1 Å². The number of hydrogen-bond donors (Lipinski definition) is 2. The highest BCUT2D eigenvalue weighted by Gasteiger charge is 2.41. The molecule has 0 aromatic carbocycles. The van der Waals surface area contributed by atoms with Crippen LogP contribution >= 0.6 is 23.3 Å². The van der Waals surface area contributed by atoms with Crippen molar-refractivity contribution in [2.75, 3.05) is 23.9 Å². The third-order valence-electron chi connectivity index (χ3n) is 3.83. The summed E-state index contributed by atoms with van der Waals surface area (Å²) in [4.78, 5) is 1.13. The lowest BCUT2D eigenvalue weighted by Gasteiger charge is -2.16. The van der Waals surface area contributed by atoms with E-state index < -0.39 is 0 Å². The van der Waals surface area contributed by atoms with E-state index in [1.54, 1.807) is 11.8 Å². The highest BCUT2D eigenvalue weighted by atomic mass is 32.2. The first-order valence-corrected chi connectivity index (χ1v) is 8.32. The summed E-state index contributed by atoms with van der Waals surface area (Å²) in [7, 11) is 0. The summed E-state index contributed by atoms with van der Waals surface area (Å²) in [5, 5.41) is 4.75. The first-order valence-electron chi connectivity index (χ1n) is 6.32. The minimum atomic E-state index is 0.680. The van der Waals surface area contributed by atoms with E-state index >= 15 is 0 Å². The topological polar surface area (TPSA) is 50.9 Å². The number of aromatic nitrogens is 1. The molecule has 3 nitrogen and oxygen atoms in total. The van der Waals surface area contributed by atoms with Crippen molar-refractivity contribution < 1.29 is 0 Å². The van der Waals surface area contributed by atoms with Crippen LogP contribution in [0.1, 0.15) is 25.7 Å². The Morgan fingerprint density at radius 2 is 2.06 bits per heavy atom. The average molecular weight is 269 g/mol. The first kappa shape index (κ1) is 11.7. The van der Waals surface area contributed by atoms with Crippen molar-refractivity contribution in [1.82, 2.24) is 4.37 Å². The van der Waals surface area contributed by atoms with Gasteiger partial charge in [-0.25, -0.2) is 0 Å². The smallest absolute Gasteiger partial charge is 0.153 e. The monoisotopic (exact) mass is 269 g/mol. The summed E-state index contributed by atoms with van der Waals surface area (Å²) in [5.41, 5.74) is 5.84. The number of hydrogen-bond acceptors (Lipinski definition) is 5. The zero-order chi connectivity index (χ0) is 11.8. The fraction of sp³-hybridized carbons (Fsp3) is 0.750. The van der Waals surface area contributed by atoms with Crippen molar-refractivity contribution >= 4 is 34.1 Å². The molecule has 0 aliphatic heterocycles. The molecule has 0 spiro atoms. The second-order valence-electron chi connectivity index (χ2n) is 5.15. The van der Waals surface area contributed by atoms with E-state index in [0.717, 1.165) is 29.2 Å². The van der Waals surface area contributed by atoms with Gasteiger partial charge in [0.05, 0.1) is 4.90 Å². The Hall–Kier alpha value is -0.420. The van der Waals surface area contributed by atoms with E-state index in [4.69, 9.17) is 5.73 Å². The average Bonchev–Trinajstić information content (AvgIpc) is 3.20. The number of anilines is 2. The molecule has 0 atom stereocenters. The van der Waals surface area contributed by atoms with Crippen LogP contribution in [0.4, 0.5) is 10.8 Å². The molecular weight excluding hydrogens is 250 g/mol. The SMILES string of the molecule is CSc1c(N)nsc1NCC(C1CC1)C1CC1. The van der Waals surface area contributed by atoms with E-state index in [1.807, 2.05) is 0 Å². The van der Waals surface area contributed by atoms with Gasteiger partial charge in [-0.2, -0.15) is 4.37 Å². The van der Waals surface area contributed by atoms with Gasteiger partial charge in [-0.3, -0.25) is 0 Å². The fourth-order valence-corrected chi connectivity index (χ4v) is 4.13. The predicted octanol–water partition coefficient (Wildman–Crippen LogP) is 3.30. The van der Waals surface area contributed by atoms with Crippen LogP contribution in [0, 0.1) is 17.8 Å². The van der Waals surface area contributed by atoms with Gasteiger partial charge in [-0.05, 0) is 61.2 Å². The third kappa shape index (κ3) is 2.55. The Morgan fingerprint density at radius 3 is 2.59 bits per heavy atom. The lowest BCUT2D eigenvalue weighted by molar-refractivity contribution is 0.428. The maximum atomic E-state index is 5.84. The molecule has 3 rings (SSSR count). The molecule has 17 heavy (non-hydrogen) atoms. The Kier molecular flexibility index (Phi) is 3.21. The van der Waals surface area contributed by atoms with Gasteiger partial charge in [0.1, 0.15) is 5.00 Å². The van der Waals surface area contributed by atoms with Crippen molar-refractivity contribution in [3.8, 4) is 0 Å². The van der Waals surface area contributed by atoms with E-state index in [0.29, 0.717) is 5.82 Å². The maximum absolute atomic E-state index is 5.84. The van der Waals surface area contributed by atoms with E-state index in [9.17, 15) is 0 Å². The van der Waals surface area contributed by atoms with E-state index in [2.05, 4.69) is 15.9 Å². The molecule has 5 heteroatoms. The largest absolute Gasteiger partial charge is 0.382 e. The zero-order valence-electron chi connectivity index (χ0n) is 10.1. The number of nitrogens with zero attached hydrogens (tertiary/aromatic N) is 1. The molecule has 0 saturated heterocycles. The van der Waals surface area contributed by atoms with E-state index in [1.165, 1.54) is 42.2 Å². The third-order valence-corrected chi connectivity index (χ3v) is 5.60. The molecule has 2 saturated carbocycles. The molecule has 0 amide bonds. The summed E-state index contributed by atoms with van der Waals surface area (Å²) in [6.07, 6.45) is 7.85. The van der Waals surface area contributed by atoms with Gasteiger partial charge in [-0.15, -0.1) is 11.8 Å². The Labute approximate surface area is 111 Å². The highest BCUT2D eigenvalue weighted by molar-refractivity contribution is 7.99. The Balaban J connectivity index is 1.61. The van der Waals surface area contributed by atoms with Crippen LogP contribution < -0.4 is 11.1 Å². The molecule has 1 heterocycles. The number of nitrogen functional groups attached to an aromatic ring is 1. The van der Waals surface area contributed by atoms with Crippen LogP contribution in [0.5, 0.6) is 0 Å².